The van der Waals surface area contributed by atoms with Gasteiger partial charge in [-0.3, -0.25) is 0 Å². The molecule has 0 atom stereocenters. The van der Waals surface area contributed by atoms with Crippen molar-refractivity contribution in [3.8, 4) is 0 Å². The van der Waals surface area contributed by atoms with Crippen LogP contribution in [-0.2, 0) is 16.8 Å². The molecule has 2 rings (SSSR count). The first-order valence-corrected chi connectivity index (χ1v) is 5.52. The molecule has 0 bridgehead atoms. The van der Waals surface area contributed by atoms with Crippen LogP contribution in [0.1, 0.15) is 25.0 Å². The fraction of sp³-hybridized carbons (Fsp3) is 0.455. The number of nitrogens with two attached hydrogens (primary N) is 1. The Bertz CT molecular complexity index is 374. The second-order valence-corrected chi connectivity index (χ2v) is 4.99. The average molecular weight is 256 g/mol. The zero-order valence-corrected chi connectivity index (χ0v) is 10.0. The highest BCUT2D eigenvalue weighted by Gasteiger charge is 2.28. The number of anilines is 1. The van der Waals surface area contributed by atoms with Crippen LogP contribution in [-0.4, -0.2) is 6.61 Å². The minimum Gasteiger partial charge on any atom is -0.398 e. The topological polar surface area (TPSA) is 35.2 Å². The van der Waals surface area contributed by atoms with Gasteiger partial charge < -0.3 is 10.5 Å². The molecule has 2 N–H and O–H groups in total. The molecular weight excluding hydrogens is 242 g/mol. The van der Waals surface area contributed by atoms with Crippen molar-refractivity contribution in [1.29, 1.82) is 0 Å². The third kappa shape index (κ3) is 1.55. The van der Waals surface area contributed by atoms with Crippen LogP contribution in [0.3, 0.4) is 0 Å². The van der Waals surface area contributed by atoms with Gasteiger partial charge >= 0.3 is 0 Å². The lowest BCUT2D eigenvalue weighted by Gasteiger charge is -2.33. The van der Waals surface area contributed by atoms with Crippen molar-refractivity contribution >= 4 is 21.6 Å². The van der Waals surface area contributed by atoms with Crippen LogP contribution in [0.25, 0.3) is 0 Å². The van der Waals surface area contributed by atoms with E-state index in [1.54, 1.807) is 0 Å². The number of fused-ring (bicyclic) bond motifs is 1. The number of hydrogen-bond acceptors (Lipinski definition) is 2. The van der Waals surface area contributed by atoms with Gasteiger partial charge in [0.15, 0.2) is 0 Å². The Morgan fingerprint density at radius 3 is 2.86 bits per heavy atom. The molecule has 2 nitrogen and oxygen atoms in total. The van der Waals surface area contributed by atoms with Crippen LogP contribution in [0.15, 0.2) is 16.6 Å². The summed E-state index contributed by atoms with van der Waals surface area (Å²) in [6, 6.07) is 4.12. The van der Waals surface area contributed by atoms with E-state index in [4.69, 9.17) is 10.5 Å². The van der Waals surface area contributed by atoms with Crippen molar-refractivity contribution in [1.82, 2.24) is 0 Å². The largest absolute Gasteiger partial charge is 0.398 e. The van der Waals surface area contributed by atoms with E-state index >= 15 is 0 Å². The predicted molar refractivity (Wildman–Crippen MR) is 61.2 cm³/mol. The van der Waals surface area contributed by atoms with Crippen LogP contribution >= 0.6 is 15.9 Å². The van der Waals surface area contributed by atoms with E-state index in [1.165, 1.54) is 11.1 Å². The molecule has 0 spiro atoms. The summed E-state index contributed by atoms with van der Waals surface area (Å²) in [5, 5.41) is 0. The summed E-state index contributed by atoms with van der Waals surface area (Å²) in [4.78, 5) is 0. The highest BCUT2D eigenvalue weighted by atomic mass is 79.9. The van der Waals surface area contributed by atoms with Gasteiger partial charge in [0, 0.05) is 10.2 Å². The van der Waals surface area contributed by atoms with Gasteiger partial charge in [-0.1, -0.05) is 0 Å². The molecule has 0 unspecified atom stereocenters. The Kier molecular flexibility index (Phi) is 2.32. The van der Waals surface area contributed by atoms with Gasteiger partial charge in [-0.2, -0.15) is 0 Å². The second-order valence-electron chi connectivity index (χ2n) is 4.14. The summed E-state index contributed by atoms with van der Waals surface area (Å²) in [7, 11) is 0. The summed E-state index contributed by atoms with van der Waals surface area (Å²) in [6.07, 6.45) is 0.955. The predicted octanol–water partition coefficient (Wildman–Crippen LogP) is 2.84. The maximum atomic E-state index is 5.84. The smallest absolute Gasteiger partial charge is 0.0878 e. The van der Waals surface area contributed by atoms with Crippen LogP contribution in [0.5, 0.6) is 0 Å². The SMILES string of the molecule is CC1(C)OCCc2cc(N)c(Br)cc21. The molecule has 1 aromatic carbocycles. The lowest BCUT2D eigenvalue weighted by molar-refractivity contribution is -0.0315. The number of nitrogen functional groups attached to an aromatic ring is 1. The zero-order valence-electron chi connectivity index (χ0n) is 8.43. The minimum atomic E-state index is -0.191. The van der Waals surface area contributed by atoms with Crippen molar-refractivity contribution < 1.29 is 4.74 Å². The molecule has 1 heterocycles. The Morgan fingerprint density at radius 1 is 1.43 bits per heavy atom. The molecule has 3 heteroatoms. The van der Waals surface area contributed by atoms with Crippen LogP contribution < -0.4 is 5.73 Å². The van der Waals surface area contributed by atoms with Crippen molar-refractivity contribution in [3.63, 3.8) is 0 Å². The van der Waals surface area contributed by atoms with Gasteiger partial charge in [0.1, 0.15) is 0 Å². The molecule has 0 radical (unpaired) electrons. The van der Waals surface area contributed by atoms with E-state index in [0.29, 0.717) is 0 Å². The van der Waals surface area contributed by atoms with E-state index in [1.807, 2.05) is 6.07 Å². The van der Waals surface area contributed by atoms with E-state index in [9.17, 15) is 0 Å². The molecule has 14 heavy (non-hydrogen) atoms. The minimum absolute atomic E-state index is 0.191. The van der Waals surface area contributed by atoms with Crippen LogP contribution in [0, 0.1) is 0 Å². The van der Waals surface area contributed by atoms with E-state index in [2.05, 4.69) is 35.8 Å². The second kappa shape index (κ2) is 3.24. The number of halogens is 1. The molecule has 0 aromatic heterocycles. The van der Waals surface area contributed by atoms with Crippen molar-refractivity contribution in [2.45, 2.75) is 25.9 Å². The lowest BCUT2D eigenvalue weighted by atomic mass is 9.89. The van der Waals surface area contributed by atoms with Gasteiger partial charge in [0.25, 0.3) is 0 Å². The Hall–Kier alpha value is -0.540. The van der Waals surface area contributed by atoms with E-state index in [-0.39, 0.29) is 5.60 Å². The normalized spacial score (nSPS) is 19.1. The Morgan fingerprint density at radius 2 is 2.14 bits per heavy atom. The third-order valence-corrected chi connectivity index (χ3v) is 3.39. The van der Waals surface area contributed by atoms with Gasteiger partial charge in [-0.05, 0) is 59.5 Å². The van der Waals surface area contributed by atoms with Gasteiger partial charge in [-0.25, -0.2) is 0 Å². The standard InChI is InChI=1S/C11H14BrNO/c1-11(2)8-6-9(12)10(13)5-7(8)3-4-14-11/h5-6H,3-4,13H2,1-2H3. The molecule has 0 fully saturated rings. The molecule has 76 valence electrons. The third-order valence-electron chi connectivity index (χ3n) is 2.71. The van der Waals surface area contributed by atoms with Gasteiger partial charge in [0.2, 0.25) is 0 Å². The number of hydrogen-bond donors (Lipinski definition) is 1. The molecule has 0 amide bonds. The molecule has 1 aliphatic heterocycles. The van der Waals surface area contributed by atoms with Crippen LogP contribution in [0.4, 0.5) is 5.69 Å². The zero-order chi connectivity index (χ0) is 10.3. The molecule has 0 saturated carbocycles. The van der Waals surface area contributed by atoms with Crippen molar-refractivity contribution in [2.24, 2.45) is 0 Å². The lowest BCUT2D eigenvalue weighted by Crippen LogP contribution is -2.29. The number of benzene rings is 1. The summed E-state index contributed by atoms with van der Waals surface area (Å²) in [6.45, 7) is 4.96. The fourth-order valence-corrected chi connectivity index (χ4v) is 2.24. The monoisotopic (exact) mass is 255 g/mol. The van der Waals surface area contributed by atoms with Crippen molar-refractivity contribution in [2.75, 3.05) is 12.3 Å². The molecule has 0 saturated heterocycles. The Labute approximate surface area is 92.6 Å². The quantitative estimate of drug-likeness (QED) is 0.724. The highest BCUT2D eigenvalue weighted by molar-refractivity contribution is 9.10. The summed E-state index contributed by atoms with van der Waals surface area (Å²) in [5.74, 6) is 0. The molecular formula is C11H14BrNO. The highest BCUT2D eigenvalue weighted by Crippen LogP contribution is 2.36. The fourth-order valence-electron chi connectivity index (χ4n) is 1.90. The van der Waals surface area contributed by atoms with E-state index < -0.39 is 0 Å². The summed E-state index contributed by atoms with van der Waals surface area (Å²) in [5.41, 5.74) is 9.01. The summed E-state index contributed by atoms with van der Waals surface area (Å²) >= 11 is 3.45. The first kappa shape index (κ1) is 9.99. The molecule has 0 aliphatic carbocycles. The van der Waals surface area contributed by atoms with Gasteiger partial charge in [-0.15, -0.1) is 0 Å². The number of ether oxygens (including phenoxy) is 1. The maximum Gasteiger partial charge on any atom is 0.0878 e. The average Bonchev–Trinajstić information content (AvgIpc) is 2.08. The first-order valence-electron chi connectivity index (χ1n) is 4.73. The number of rotatable bonds is 0. The van der Waals surface area contributed by atoms with Gasteiger partial charge in [0.05, 0.1) is 12.2 Å². The summed E-state index contributed by atoms with van der Waals surface area (Å²) < 4.78 is 6.68. The molecule has 1 aromatic rings. The van der Waals surface area contributed by atoms with E-state index in [0.717, 1.165) is 23.2 Å². The van der Waals surface area contributed by atoms with Crippen molar-refractivity contribution in [3.05, 3.63) is 27.7 Å². The Balaban J connectivity index is 2.59. The van der Waals surface area contributed by atoms with Crippen LogP contribution in [0.2, 0.25) is 0 Å². The first-order chi connectivity index (χ1) is 6.50. The molecule has 1 aliphatic rings. The maximum absolute atomic E-state index is 5.84.